The van der Waals surface area contributed by atoms with Gasteiger partial charge in [0, 0.05) is 47.2 Å². The first-order valence-electron chi connectivity index (χ1n) is 17.8. The maximum atomic E-state index is 13.3. The lowest BCUT2D eigenvalue weighted by Gasteiger charge is -2.13. The van der Waals surface area contributed by atoms with Crippen LogP contribution in [0.1, 0.15) is 22.8 Å². The zero-order valence-electron chi connectivity index (χ0n) is 32.0. The minimum Gasteiger partial charge on any atom is -0.494 e. The summed E-state index contributed by atoms with van der Waals surface area (Å²) < 4.78 is 59.8. The number of halogens is 3. The summed E-state index contributed by atoms with van der Waals surface area (Å²) in [5.74, 6) is 1.76. The number of imidazole rings is 2. The van der Waals surface area contributed by atoms with Crippen molar-refractivity contribution in [3.05, 3.63) is 145 Å². The fourth-order valence-corrected chi connectivity index (χ4v) is 5.88. The van der Waals surface area contributed by atoms with Crippen LogP contribution < -0.4 is 20.1 Å². The summed E-state index contributed by atoms with van der Waals surface area (Å²) in [7, 11) is 3.16. The van der Waals surface area contributed by atoms with Crippen LogP contribution in [-0.4, -0.2) is 53.3 Å². The van der Waals surface area contributed by atoms with Gasteiger partial charge in [0.1, 0.15) is 17.2 Å². The SMILES string of the molecule is COc1cc(Nc2nc(-c3ccco3)cc(C(F)(F)F)n2)ccc1-n1cnc(C)c1.COc1cc(Nc2nc(C)cc(-c3ccccc3)n2)ccc1-n1cnc(C)c1. The highest BCUT2D eigenvalue weighted by molar-refractivity contribution is 5.66. The van der Waals surface area contributed by atoms with Crippen molar-refractivity contribution in [3.8, 4) is 45.6 Å². The number of anilines is 4. The van der Waals surface area contributed by atoms with Gasteiger partial charge in [-0.3, -0.25) is 0 Å². The van der Waals surface area contributed by atoms with Crippen LogP contribution in [0.15, 0.2) is 127 Å². The minimum absolute atomic E-state index is 0.0160. The molecule has 0 spiro atoms. The molecule has 0 aliphatic carbocycles. The monoisotopic (exact) mass is 786 g/mol. The molecule has 0 aliphatic heterocycles. The summed E-state index contributed by atoms with van der Waals surface area (Å²) in [4.78, 5) is 25.4. The molecule has 0 aliphatic rings. The molecule has 58 heavy (non-hydrogen) atoms. The van der Waals surface area contributed by atoms with Gasteiger partial charge in [0.2, 0.25) is 11.9 Å². The number of aromatic nitrogens is 8. The number of furan rings is 1. The summed E-state index contributed by atoms with van der Waals surface area (Å²) in [6.07, 6.45) is 3.93. The van der Waals surface area contributed by atoms with Crippen LogP contribution in [0.3, 0.4) is 0 Å². The molecule has 0 saturated heterocycles. The zero-order chi connectivity index (χ0) is 40.8. The normalized spacial score (nSPS) is 11.1. The Hall–Kier alpha value is -7.49. The third-order valence-electron chi connectivity index (χ3n) is 8.57. The third-order valence-corrected chi connectivity index (χ3v) is 8.57. The highest BCUT2D eigenvalue weighted by Gasteiger charge is 2.34. The van der Waals surface area contributed by atoms with Crippen molar-refractivity contribution in [1.82, 2.24) is 39.0 Å². The van der Waals surface area contributed by atoms with Crippen molar-refractivity contribution in [3.63, 3.8) is 0 Å². The smallest absolute Gasteiger partial charge is 0.433 e. The molecule has 3 aromatic carbocycles. The zero-order valence-corrected chi connectivity index (χ0v) is 32.0. The number of methoxy groups -OCH3 is 2. The molecule has 0 fully saturated rings. The van der Waals surface area contributed by atoms with Crippen LogP contribution in [0.4, 0.5) is 36.4 Å². The number of nitrogens with one attached hydrogen (secondary N) is 2. The Kier molecular flexibility index (Phi) is 11.2. The Morgan fingerprint density at radius 2 is 1.17 bits per heavy atom. The molecule has 2 N–H and O–H groups in total. The summed E-state index contributed by atoms with van der Waals surface area (Å²) >= 11 is 0. The molecule has 16 heteroatoms. The molecule has 8 aromatic rings. The van der Waals surface area contributed by atoms with Crippen LogP contribution in [0.25, 0.3) is 34.1 Å². The van der Waals surface area contributed by atoms with Gasteiger partial charge in [-0.15, -0.1) is 0 Å². The van der Waals surface area contributed by atoms with E-state index in [0.29, 0.717) is 17.4 Å². The van der Waals surface area contributed by atoms with E-state index in [-0.39, 0.29) is 17.4 Å². The second kappa shape index (κ2) is 16.7. The minimum atomic E-state index is -4.64. The van der Waals surface area contributed by atoms with Crippen LogP contribution in [-0.2, 0) is 6.18 Å². The lowest BCUT2D eigenvalue weighted by Crippen LogP contribution is -2.11. The van der Waals surface area contributed by atoms with Crippen molar-refractivity contribution in [2.45, 2.75) is 26.9 Å². The van der Waals surface area contributed by atoms with Crippen molar-refractivity contribution in [2.24, 2.45) is 0 Å². The average Bonchev–Trinajstić information content (AvgIpc) is 4.01. The molecule has 0 amide bonds. The Morgan fingerprint density at radius 1 is 0.603 bits per heavy atom. The molecular formula is C42H37F3N10O3. The van der Waals surface area contributed by atoms with E-state index in [1.165, 1.54) is 19.4 Å². The van der Waals surface area contributed by atoms with E-state index in [2.05, 4.69) is 40.5 Å². The van der Waals surface area contributed by atoms with E-state index in [4.69, 9.17) is 13.9 Å². The Morgan fingerprint density at radius 3 is 1.67 bits per heavy atom. The number of rotatable bonds is 10. The fraction of sp³-hybridized carbons (Fsp3) is 0.143. The first kappa shape index (κ1) is 38.8. The number of ether oxygens (including phenoxy) is 2. The van der Waals surface area contributed by atoms with Crippen molar-refractivity contribution < 1.29 is 27.1 Å². The highest BCUT2D eigenvalue weighted by atomic mass is 19.4. The van der Waals surface area contributed by atoms with E-state index in [0.717, 1.165) is 57.2 Å². The standard InChI is InChI=1S/C22H21N5O.C20H16F3N5O2/c1-15-11-19(17-7-5-4-6-8-17)26-22(24-15)25-18-9-10-20(21(12-18)28-3)27-13-16(2)23-14-27;1-12-10-28(11-24-12)15-6-5-13(8-17(15)29-2)25-19-26-14(16-4-3-7-30-16)9-18(27-19)20(21,22)23/h4-14H,1-3H3,(H,24,25,26);3-11H,1-2H3,(H,25,26,27). The summed E-state index contributed by atoms with van der Waals surface area (Å²) in [5, 5.41) is 6.09. The van der Waals surface area contributed by atoms with Gasteiger partial charge in [-0.25, -0.2) is 29.9 Å². The maximum Gasteiger partial charge on any atom is 0.433 e. The largest absolute Gasteiger partial charge is 0.494 e. The van der Waals surface area contributed by atoms with E-state index < -0.39 is 11.9 Å². The van der Waals surface area contributed by atoms with Crippen molar-refractivity contribution in [2.75, 3.05) is 24.9 Å². The van der Waals surface area contributed by atoms with Gasteiger partial charge in [0.25, 0.3) is 0 Å². The van der Waals surface area contributed by atoms with Crippen LogP contribution in [0.5, 0.6) is 11.5 Å². The van der Waals surface area contributed by atoms with Gasteiger partial charge in [-0.05, 0) is 69.3 Å². The quantitative estimate of drug-likeness (QED) is 0.137. The second-order valence-electron chi connectivity index (χ2n) is 12.9. The Balaban J connectivity index is 0.000000177. The first-order valence-corrected chi connectivity index (χ1v) is 17.8. The molecule has 0 atom stereocenters. The Bertz CT molecular complexity index is 2640. The Labute approximate surface area is 331 Å². The number of alkyl halides is 3. The molecule has 0 radical (unpaired) electrons. The van der Waals surface area contributed by atoms with E-state index >= 15 is 0 Å². The molecule has 0 unspecified atom stereocenters. The maximum absolute atomic E-state index is 13.3. The summed E-state index contributed by atoms with van der Waals surface area (Å²) in [5.41, 5.74) is 6.51. The van der Waals surface area contributed by atoms with Gasteiger partial charge in [-0.1, -0.05) is 30.3 Å². The number of benzene rings is 3. The third kappa shape index (κ3) is 9.13. The topological polar surface area (TPSA) is 143 Å². The molecule has 0 saturated carbocycles. The second-order valence-corrected chi connectivity index (χ2v) is 12.9. The fourth-order valence-electron chi connectivity index (χ4n) is 5.88. The van der Waals surface area contributed by atoms with Gasteiger partial charge in [0.05, 0.1) is 61.6 Å². The number of hydrogen-bond donors (Lipinski definition) is 2. The number of hydrogen-bond acceptors (Lipinski definition) is 11. The van der Waals surface area contributed by atoms with Crippen molar-refractivity contribution in [1.29, 1.82) is 0 Å². The lowest BCUT2D eigenvalue weighted by atomic mass is 10.1. The molecule has 5 aromatic heterocycles. The molecule has 13 nitrogen and oxygen atoms in total. The lowest BCUT2D eigenvalue weighted by molar-refractivity contribution is -0.141. The molecule has 5 heterocycles. The highest BCUT2D eigenvalue weighted by Crippen LogP contribution is 2.34. The van der Waals surface area contributed by atoms with E-state index in [9.17, 15) is 13.2 Å². The van der Waals surface area contributed by atoms with Gasteiger partial charge < -0.3 is 33.7 Å². The number of aryl methyl sites for hydroxylation is 3. The van der Waals surface area contributed by atoms with Gasteiger partial charge in [0.15, 0.2) is 11.5 Å². The van der Waals surface area contributed by atoms with Crippen LogP contribution in [0, 0.1) is 20.8 Å². The van der Waals surface area contributed by atoms with Gasteiger partial charge in [-0.2, -0.15) is 13.2 Å². The average molecular weight is 787 g/mol. The molecule has 294 valence electrons. The molecule has 0 bridgehead atoms. The van der Waals surface area contributed by atoms with Crippen LogP contribution >= 0.6 is 0 Å². The van der Waals surface area contributed by atoms with Gasteiger partial charge >= 0.3 is 6.18 Å². The summed E-state index contributed by atoms with van der Waals surface area (Å²) in [6, 6.07) is 26.9. The van der Waals surface area contributed by atoms with Crippen LogP contribution in [0.2, 0.25) is 0 Å². The molecular weight excluding hydrogens is 750 g/mol. The summed E-state index contributed by atoms with van der Waals surface area (Å²) in [6.45, 7) is 5.78. The van der Waals surface area contributed by atoms with Crippen molar-refractivity contribution >= 4 is 23.3 Å². The number of nitrogens with zero attached hydrogens (tertiary/aromatic N) is 8. The molecule has 8 rings (SSSR count). The predicted molar refractivity (Wildman–Crippen MR) is 213 cm³/mol. The predicted octanol–water partition coefficient (Wildman–Crippen LogP) is 9.70. The van der Waals surface area contributed by atoms with E-state index in [1.807, 2.05) is 92.3 Å². The first-order chi connectivity index (χ1) is 27.9. The van der Waals surface area contributed by atoms with E-state index in [1.54, 1.807) is 48.6 Å².